The molecule has 0 radical (unpaired) electrons. The zero-order chi connectivity index (χ0) is 12.4. The molecular weight excluding hydrogens is 220 g/mol. The first-order valence-electron chi connectivity index (χ1n) is 5.65. The standard InChI is InChI=1S/C12H16N2O3/c1-13-7-10-5-3-2-4-9(10)6-11(13)12(15)8-14(16)17/h2-5,11-12,15H,6-8H2,1H3/t11-,12-/m0/s1. The molecule has 0 spiro atoms. The van der Waals surface area contributed by atoms with Crippen molar-refractivity contribution in [3.63, 3.8) is 0 Å². The minimum absolute atomic E-state index is 0.171. The van der Waals surface area contributed by atoms with E-state index >= 15 is 0 Å². The van der Waals surface area contributed by atoms with Gasteiger partial charge in [-0.25, -0.2) is 0 Å². The van der Waals surface area contributed by atoms with Gasteiger partial charge in [-0.2, -0.15) is 0 Å². The van der Waals surface area contributed by atoms with Gasteiger partial charge in [-0.05, 0) is 24.6 Å². The molecule has 1 N–H and O–H groups in total. The summed E-state index contributed by atoms with van der Waals surface area (Å²) in [4.78, 5) is 12.0. The molecule has 0 unspecified atom stereocenters. The fourth-order valence-electron chi connectivity index (χ4n) is 2.38. The van der Waals surface area contributed by atoms with Crippen LogP contribution in [-0.4, -0.2) is 40.7 Å². The first kappa shape index (κ1) is 12.0. The minimum atomic E-state index is -0.914. The van der Waals surface area contributed by atoms with Crippen LogP contribution in [0.1, 0.15) is 11.1 Å². The number of benzene rings is 1. The molecule has 1 aliphatic rings. The normalized spacial score (nSPS) is 21.9. The molecule has 0 aromatic heterocycles. The van der Waals surface area contributed by atoms with E-state index in [-0.39, 0.29) is 6.04 Å². The summed E-state index contributed by atoms with van der Waals surface area (Å²) in [6.07, 6.45) is -0.245. The van der Waals surface area contributed by atoms with Gasteiger partial charge in [0, 0.05) is 17.5 Å². The molecule has 0 amide bonds. The van der Waals surface area contributed by atoms with Crippen molar-refractivity contribution < 1.29 is 10.0 Å². The molecule has 2 rings (SSSR count). The van der Waals surface area contributed by atoms with Gasteiger partial charge in [0.2, 0.25) is 6.54 Å². The van der Waals surface area contributed by atoms with E-state index in [9.17, 15) is 15.2 Å². The zero-order valence-corrected chi connectivity index (χ0v) is 9.74. The van der Waals surface area contributed by atoms with Crippen molar-refractivity contribution in [3.05, 3.63) is 45.5 Å². The molecule has 92 valence electrons. The Morgan fingerprint density at radius 3 is 2.82 bits per heavy atom. The van der Waals surface area contributed by atoms with Crippen molar-refractivity contribution in [2.75, 3.05) is 13.6 Å². The third-order valence-electron chi connectivity index (χ3n) is 3.31. The lowest BCUT2D eigenvalue weighted by atomic mass is 9.91. The summed E-state index contributed by atoms with van der Waals surface area (Å²) < 4.78 is 0. The van der Waals surface area contributed by atoms with E-state index in [1.807, 2.05) is 30.1 Å². The Labute approximate surface area is 99.8 Å². The molecule has 0 saturated heterocycles. The molecule has 5 heteroatoms. The number of hydrogen-bond donors (Lipinski definition) is 1. The molecule has 1 aliphatic heterocycles. The average molecular weight is 236 g/mol. The van der Waals surface area contributed by atoms with Crippen LogP contribution in [-0.2, 0) is 13.0 Å². The van der Waals surface area contributed by atoms with Gasteiger partial charge in [0.1, 0.15) is 6.10 Å². The van der Waals surface area contributed by atoms with Crippen molar-refractivity contribution in [3.8, 4) is 0 Å². The molecule has 2 atom stereocenters. The maximum atomic E-state index is 10.4. The van der Waals surface area contributed by atoms with E-state index in [1.54, 1.807) is 0 Å². The van der Waals surface area contributed by atoms with Crippen molar-refractivity contribution in [1.29, 1.82) is 0 Å². The summed E-state index contributed by atoms with van der Waals surface area (Å²) in [6.45, 7) is 0.340. The summed E-state index contributed by atoms with van der Waals surface area (Å²) in [5.74, 6) is 0. The SMILES string of the molecule is CN1Cc2ccccc2C[C@H]1[C@@H](O)C[N+](=O)[O-]. The van der Waals surface area contributed by atoms with Crippen LogP contribution < -0.4 is 0 Å². The second kappa shape index (κ2) is 4.81. The maximum absolute atomic E-state index is 10.4. The first-order chi connectivity index (χ1) is 8.08. The lowest BCUT2D eigenvalue weighted by Crippen LogP contribution is -2.48. The lowest BCUT2D eigenvalue weighted by Gasteiger charge is -2.35. The maximum Gasteiger partial charge on any atom is 0.230 e. The second-order valence-corrected chi connectivity index (χ2v) is 4.54. The topological polar surface area (TPSA) is 66.6 Å². The Morgan fingerprint density at radius 1 is 1.53 bits per heavy atom. The van der Waals surface area contributed by atoms with Crippen LogP contribution >= 0.6 is 0 Å². The third kappa shape index (κ3) is 2.62. The number of hydrogen-bond acceptors (Lipinski definition) is 4. The van der Waals surface area contributed by atoms with Gasteiger partial charge in [0.15, 0.2) is 0 Å². The highest BCUT2D eigenvalue weighted by atomic mass is 16.6. The van der Waals surface area contributed by atoms with Crippen LogP contribution in [0.15, 0.2) is 24.3 Å². The largest absolute Gasteiger partial charge is 0.385 e. The Hall–Kier alpha value is -1.46. The van der Waals surface area contributed by atoms with E-state index in [1.165, 1.54) is 11.1 Å². The number of fused-ring (bicyclic) bond motifs is 1. The number of aliphatic hydroxyl groups is 1. The van der Waals surface area contributed by atoms with Crippen molar-refractivity contribution >= 4 is 0 Å². The van der Waals surface area contributed by atoms with Crippen LogP contribution in [0, 0.1) is 10.1 Å². The highest BCUT2D eigenvalue weighted by Crippen LogP contribution is 2.23. The van der Waals surface area contributed by atoms with E-state index in [0.29, 0.717) is 6.42 Å². The molecule has 5 nitrogen and oxygen atoms in total. The second-order valence-electron chi connectivity index (χ2n) is 4.54. The van der Waals surface area contributed by atoms with Gasteiger partial charge in [-0.15, -0.1) is 0 Å². The number of nitrogens with zero attached hydrogens (tertiary/aromatic N) is 2. The highest BCUT2D eigenvalue weighted by molar-refractivity contribution is 5.30. The molecule has 0 bridgehead atoms. The summed E-state index contributed by atoms with van der Waals surface area (Å²) in [6, 6.07) is 7.85. The summed E-state index contributed by atoms with van der Waals surface area (Å²) in [7, 11) is 1.89. The van der Waals surface area contributed by atoms with Gasteiger partial charge in [0.05, 0.1) is 0 Å². The number of rotatable bonds is 3. The summed E-state index contributed by atoms with van der Waals surface area (Å²) in [5, 5.41) is 20.3. The Morgan fingerprint density at radius 2 is 2.18 bits per heavy atom. The number of aliphatic hydroxyl groups excluding tert-OH is 1. The molecule has 0 aliphatic carbocycles. The fraction of sp³-hybridized carbons (Fsp3) is 0.500. The zero-order valence-electron chi connectivity index (χ0n) is 9.74. The van der Waals surface area contributed by atoms with Gasteiger partial charge in [-0.1, -0.05) is 24.3 Å². The van der Waals surface area contributed by atoms with Gasteiger partial charge < -0.3 is 5.11 Å². The van der Waals surface area contributed by atoms with Crippen molar-refractivity contribution in [1.82, 2.24) is 4.90 Å². The molecule has 17 heavy (non-hydrogen) atoms. The van der Waals surface area contributed by atoms with E-state index in [0.717, 1.165) is 6.54 Å². The average Bonchev–Trinajstić information content (AvgIpc) is 2.27. The molecule has 1 heterocycles. The van der Waals surface area contributed by atoms with Crippen LogP contribution in [0.25, 0.3) is 0 Å². The minimum Gasteiger partial charge on any atom is -0.385 e. The Bertz CT molecular complexity index is 422. The molecular formula is C12H16N2O3. The van der Waals surface area contributed by atoms with Crippen LogP contribution in [0.5, 0.6) is 0 Å². The predicted molar refractivity (Wildman–Crippen MR) is 63.3 cm³/mol. The van der Waals surface area contributed by atoms with Gasteiger partial charge >= 0.3 is 0 Å². The molecule has 0 saturated carbocycles. The van der Waals surface area contributed by atoms with Crippen LogP contribution in [0.2, 0.25) is 0 Å². The smallest absolute Gasteiger partial charge is 0.230 e. The predicted octanol–water partition coefficient (Wildman–Crippen LogP) is 0.681. The summed E-state index contributed by atoms with van der Waals surface area (Å²) in [5.41, 5.74) is 2.41. The van der Waals surface area contributed by atoms with Gasteiger partial charge in [0.25, 0.3) is 0 Å². The highest BCUT2D eigenvalue weighted by Gasteiger charge is 2.31. The van der Waals surface area contributed by atoms with Gasteiger partial charge in [-0.3, -0.25) is 15.0 Å². The molecule has 1 aromatic rings. The Balaban J connectivity index is 2.14. The first-order valence-corrected chi connectivity index (χ1v) is 5.65. The van der Waals surface area contributed by atoms with Crippen LogP contribution in [0.4, 0.5) is 0 Å². The number of nitro groups is 1. The van der Waals surface area contributed by atoms with Crippen molar-refractivity contribution in [2.24, 2.45) is 0 Å². The van der Waals surface area contributed by atoms with E-state index in [4.69, 9.17) is 0 Å². The number of likely N-dealkylation sites (N-methyl/N-ethyl adjacent to an activating group) is 1. The molecule has 1 aromatic carbocycles. The van der Waals surface area contributed by atoms with E-state index < -0.39 is 17.6 Å². The lowest BCUT2D eigenvalue weighted by molar-refractivity contribution is -0.492. The molecule has 0 fully saturated rings. The third-order valence-corrected chi connectivity index (χ3v) is 3.31. The quantitative estimate of drug-likeness (QED) is 0.619. The fourth-order valence-corrected chi connectivity index (χ4v) is 2.38. The van der Waals surface area contributed by atoms with Crippen molar-refractivity contribution in [2.45, 2.75) is 25.1 Å². The Kier molecular flexibility index (Phi) is 3.40. The monoisotopic (exact) mass is 236 g/mol. The summed E-state index contributed by atoms with van der Waals surface area (Å²) >= 11 is 0. The van der Waals surface area contributed by atoms with E-state index in [2.05, 4.69) is 6.07 Å². The van der Waals surface area contributed by atoms with Crippen LogP contribution in [0.3, 0.4) is 0 Å².